The minimum atomic E-state index is 0. The molecule has 2 heterocycles. The molecule has 0 saturated carbocycles. The maximum absolute atomic E-state index is 11.9. The summed E-state index contributed by atoms with van der Waals surface area (Å²) >= 11 is 0. The molecule has 2 atom stereocenters. The number of nitrogens with one attached hydrogen (secondary N) is 2. The zero-order valence-electron chi connectivity index (χ0n) is 13.8. The van der Waals surface area contributed by atoms with Crippen LogP contribution in [0.5, 0.6) is 0 Å². The summed E-state index contributed by atoms with van der Waals surface area (Å²) in [7, 11) is 0. The van der Waals surface area contributed by atoms with Crippen LogP contribution in [0.2, 0.25) is 0 Å². The highest BCUT2D eigenvalue weighted by Crippen LogP contribution is 2.15. The first-order chi connectivity index (χ1) is 9.75. The Hall–Kier alpha value is -0.0300. The second kappa shape index (κ2) is 12.4. The van der Waals surface area contributed by atoms with Crippen molar-refractivity contribution in [1.29, 1.82) is 0 Å². The van der Waals surface area contributed by atoms with E-state index in [1.807, 2.05) is 0 Å². The molecule has 2 fully saturated rings. The molecule has 2 aliphatic rings. The maximum Gasteiger partial charge on any atom is 0.224 e. The topological polar surface area (TPSA) is 44.4 Å². The number of likely N-dealkylation sites (tertiary alicyclic amines) is 1. The van der Waals surface area contributed by atoms with Crippen molar-refractivity contribution in [1.82, 2.24) is 15.5 Å². The van der Waals surface area contributed by atoms with Gasteiger partial charge in [0.15, 0.2) is 0 Å². The van der Waals surface area contributed by atoms with E-state index in [2.05, 4.69) is 22.5 Å². The summed E-state index contributed by atoms with van der Waals surface area (Å²) in [4.78, 5) is 14.5. The minimum absolute atomic E-state index is 0. The number of amides is 1. The van der Waals surface area contributed by atoms with Crippen LogP contribution in [0.4, 0.5) is 0 Å². The molecule has 6 heteroatoms. The fourth-order valence-corrected chi connectivity index (χ4v) is 3.38. The maximum atomic E-state index is 11.9. The van der Waals surface area contributed by atoms with Crippen LogP contribution in [0, 0.1) is 11.8 Å². The molecule has 2 unspecified atom stereocenters. The summed E-state index contributed by atoms with van der Waals surface area (Å²) in [6.45, 7) is 8.86. The summed E-state index contributed by atoms with van der Waals surface area (Å²) < 4.78 is 0. The molecule has 0 aromatic rings. The molecular formula is C16H33Cl2N3O. The number of carbonyl (C=O) groups is 1. The smallest absolute Gasteiger partial charge is 0.224 e. The molecule has 4 nitrogen and oxygen atoms in total. The second-order valence-corrected chi connectivity index (χ2v) is 6.59. The lowest BCUT2D eigenvalue weighted by Crippen LogP contribution is -2.41. The Bertz CT molecular complexity index is 299. The van der Waals surface area contributed by atoms with Gasteiger partial charge in [-0.15, -0.1) is 24.8 Å². The highest BCUT2D eigenvalue weighted by atomic mass is 35.5. The Morgan fingerprint density at radius 3 is 2.73 bits per heavy atom. The fourth-order valence-electron chi connectivity index (χ4n) is 3.38. The number of piperidine rings is 2. The first kappa shape index (κ1) is 22.0. The van der Waals surface area contributed by atoms with Gasteiger partial charge in [-0.2, -0.15) is 0 Å². The molecule has 0 radical (unpaired) electrons. The predicted molar refractivity (Wildman–Crippen MR) is 97.2 cm³/mol. The second-order valence-electron chi connectivity index (χ2n) is 6.59. The Balaban J connectivity index is 0.00000220. The predicted octanol–water partition coefficient (Wildman–Crippen LogP) is 2.46. The van der Waals surface area contributed by atoms with E-state index in [1.165, 1.54) is 38.9 Å². The Labute approximate surface area is 148 Å². The summed E-state index contributed by atoms with van der Waals surface area (Å²) in [6, 6.07) is 0. The molecule has 1 amide bonds. The van der Waals surface area contributed by atoms with E-state index in [4.69, 9.17) is 0 Å². The highest BCUT2D eigenvalue weighted by molar-refractivity contribution is 5.85. The molecule has 22 heavy (non-hydrogen) atoms. The number of rotatable bonds is 6. The molecule has 132 valence electrons. The number of nitrogens with zero attached hydrogens (tertiary/aromatic N) is 1. The van der Waals surface area contributed by atoms with Crippen molar-refractivity contribution in [3.8, 4) is 0 Å². The number of halogens is 2. The number of hydrogen-bond acceptors (Lipinski definition) is 3. The van der Waals surface area contributed by atoms with Crippen LogP contribution in [0.1, 0.15) is 45.4 Å². The molecular weight excluding hydrogens is 321 g/mol. The van der Waals surface area contributed by atoms with Gasteiger partial charge in [0.2, 0.25) is 5.91 Å². The van der Waals surface area contributed by atoms with E-state index in [9.17, 15) is 4.79 Å². The lowest BCUT2D eigenvalue weighted by molar-refractivity contribution is -0.125. The molecule has 2 aliphatic heterocycles. The highest BCUT2D eigenvalue weighted by Gasteiger charge is 2.20. The summed E-state index contributed by atoms with van der Waals surface area (Å²) in [5, 5.41) is 6.40. The van der Waals surface area contributed by atoms with Crippen LogP contribution in [-0.4, -0.2) is 50.1 Å². The van der Waals surface area contributed by atoms with E-state index in [0.29, 0.717) is 0 Å². The van der Waals surface area contributed by atoms with E-state index in [1.54, 1.807) is 0 Å². The molecule has 0 spiro atoms. The zero-order chi connectivity index (χ0) is 14.2. The third kappa shape index (κ3) is 8.00. The average molecular weight is 354 g/mol. The van der Waals surface area contributed by atoms with Crippen molar-refractivity contribution in [3.63, 3.8) is 0 Å². The first-order valence-corrected chi connectivity index (χ1v) is 8.46. The largest absolute Gasteiger partial charge is 0.356 e. The monoisotopic (exact) mass is 353 g/mol. The summed E-state index contributed by atoms with van der Waals surface area (Å²) in [5.41, 5.74) is 0. The van der Waals surface area contributed by atoms with Gasteiger partial charge in [-0.05, 0) is 64.1 Å². The minimum Gasteiger partial charge on any atom is -0.356 e. The fraction of sp³-hybridized carbons (Fsp3) is 0.938. The van der Waals surface area contributed by atoms with Gasteiger partial charge in [0, 0.05) is 19.6 Å². The van der Waals surface area contributed by atoms with Gasteiger partial charge in [-0.3, -0.25) is 4.79 Å². The lowest BCUT2D eigenvalue weighted by Gasteiger charge is -2.30. The third-order valence-corrected chi connectivity index (χ3v) is 4.61. The molecule has 0 bridgehead atoms. The Kier molecular flexibility index (Phi) is 12.4. The number of carbonyl (C=O) groups excluding carboxylic acids is 1. The van der Waals surface area contributed by atoms with Crippen molar-refractivity contribution in [2.75, 3.05) is 39.3 Å². The van der Waals surface area contributed by atoms with Gasteiger partial charge < -0.3 is 15.5 Å². The van der Waals surface area contributed by atoms with Crippen LogP contribution in [0.3, 0.4) is 0 Å². The quantitative estimate of drug-likeness (QED) is 0.721. The molecule has 2 rings (SSSR count). The van der Waals surface area contributed by atoms with Gasteiger partial charge in [0.05, 0.1) is 5.92 Å². The van der Waals surface area contributed by atoms with Crippen molar-refractivity contribution in [3.05, 3.63) is 0 Å². The van der Waals surface area contributed by atoms with Gasteiger partial charge in [0.1, 0.15) is 0 Å². The van der Waals surface area contributed by atoms with E-state index in [0.717, 1.165) is 44.8 Å². The van der Waals surface area contributed by atoms with Crippen molar-refractivity contribution >= 4 is 30.7 Å². The molecule has 0 aromatic carbocycles. The van der Waals surface area contributed by atoms with Gasteiger partial charge >= 0.3 is 0 Å². The van der Waals surface area contributed by atoms with E-state index >= 15 is 0 Å². The van der Waals surface area contributed by atoms with Crippen molar-refractivity contribution in [2.45, 2.75) is 45.4 Å². The van der Waals surface area contributed by atoms with Gasteiger partial charge in [-0.25, -0.2) is 0 Å². The molecule has 2 N–H and O–H groups in total. The third-order valence-electron chi connectivity index (χ3n) is 4.61. The van der Waals surface area contributed by atoms with Crippen LogP contribution in [0.15, 0.2) is 0 Å². The molecule has 0 aromatic heterocycles. The normalized spacial score (nSPS) is 25.7. The van der Waals surface area contributed by atoms with Crippen LogP contribution in [-0.2, 0) is 4.79 Å². The van der Waals surface area contributed by atoms with Gasteiger partial charge in [0.25, 0.3) is 0 Å². The molecule has 0 aliphatic carbocycles. The van der Waals surface area contributed by atoms with E-state index in [-0.39, 0.29) is 36.6 Å². The molecule has 2 saturated heterocycles. The van der Waals surface area contributed by atoms with Crippen LogP contribution < -0.4 is 10.6 Å². The Morgan fingerprint density at radius 1 is 1.23 bits per heavy atom. The van der Waals surface area contributed by atoms with Crippen LogP contribution >= 0.6 is 24.8 Å². The number of hydrogen-bond donors (Lipinski definition) is 2. The Morgan fingerprint density at radius 2 is 2.05 bits per heavy atom. The van der Waals surface area contributed by atoms with Crippen LogP contribution in [0.25, 0.3) is 0 Å². The summed E-state index contributed by atoms with van der Waals surface area (Å²) in [6.07, 6.45) is 7.23. The average Bonchev–Trinajstić information content (AvgIpc) is 2.48. The summed E-state index contributed by atoms with van der Waals surface area (Å²) in [5.74, 6) is 1.32. The SMILES string of the molecule is CC1CCCN(CCCCNC(=O)C2CCCNC2)C1.Cl.Cl. The standard InChI is InChI=1S/C16H31N3O.2ClH/c1-14-6-5-11-19(13-14)10-3-2-9-18-16(20)15-7-4-8-17-12-15;;/h14-15,17H,2-13H2,1H3,(H,18,20);2*1H. The van der Waals surface area contributed by atoms with Crippen molar-refractivity contribution in [2.24, 2.45) is 11.8 Å². The first-order valence-electron chi connectivity index (χ1n) is 8.46. The lowest BCUT2D eigenvalue weighted by atomic mass is 9.99. The van der Waals surface area contributed by atoms with Gasteiger partial charge in [-0.1, -0.05) is 6.92 Å². The van der Waals surface area contributed by atoms with E-state index < -0.39 is 0 Å². The van der Waals surface area contributed by atoms with Crippen molar-refractivity contribution < 1.29 is 4.79 Å². The zero-order valence-corrected chi connectivity index (χ0v) is 15.4. The number of unbranched alkanes of at least 4 members (excludes halogenated alkanes) is 1.